The number of rotatable bonds is 3. The first kappa shape index (κ1) is 10.6. The molecule has 0 N–H and O–H groups in total. The number of hydrogen-bond acceptors (Lipinski definition) is 4. The molecule has 0 bridgehead atoms. The highest BCUT2D eigenvalue weighted by atomic mass is 79.9. The lowest BCUT2D eigenvalue weighted by atomic mass is 10.3. The fourth-order valence-corrected chi connectivity index (χ4v) is 2.67. The van der Waals surface area contributed by atoms with Gasteiger partial charge in [-0.25, -0.2) is 0 Å². The third-order valence-electron chi connectivity index (χ3n) is 1.60. The Morgan fingerprint density at radius 2 is 2.38 bits per heavy atom. The lowest BCUT2D eigenvalue weighted by Crippen LogP contribution is -1.92. The maximum atomic E-state index is 10.4. The first-order valence-corrected chi connectivity index (χ1v) is 5.13. The summed E-state index contributed by atoms with van der Waals surface area (Å²) >= 11 is 4.38. The van der Waals surface area contributed by atoms with Crippen molar-refractivity contribution in [2.75, 3.05) is 7.11 Å². The zero-order valence-electron chi connectivity index (χ0n) is 7.11. The van der Waals surface area contributed by atoms with Crippen molar-refractivity contribution in [2.45, 2.75) is 13.0 Å². The second-order valence-corrected chi connectivity index (χ2v) is 4.35. The minimum atomic E-state index is -0.401. The summed E-state index contributed by atoms with van der Waals surface area (Å²) in [6.07, 6.45) is -0.118. The first-order chi connectivity index (χ1) is 6.06. The second-order valence-electron chi connectivity index (χ2n) is 2.43. The van der Waals surface area contributed by atoms with E-state index in [2.05, 4.69) is 15.9 Å². The molecule has 0 aromatic carbocycles. The average Bonchev–Trinajstić information content (AvgIpc) is 2.46. The van der Waals surface area contributed by atoms with Crippen LogP contribution in [-0.2, 0) is 4.74 Å². The average molecular weight is 266 g/mol. The molecule has 0 aliphatic heterocycles. The van der Waals surface area contributed by atoms with Gasteiger partial charge in [-0.1, -0.05) is 11.3 Å². The zero-order valence-corrected chi connectivity index (χ0v) is 9.52. The van der Waals surface area contributed by atoms with E-state index >= 15 is 0 Å². The number of ether oxygens (including phenoxy) is 1. The fourth-order valence-electron chi connectivity index (χ4n) is 0.845. The Labute approximate surface area is 87.8 Å². The SMILES string of the molecule is CO[C@H](C)c1sc([N+](=O)[O-])cc1Br. The Hall–Kier alpha value is -0.460. The Morgan fingerprint density at radius 1 is 1.77 bits per heavy atom. The quantitative estimate of drug-likeness (QED) is 0.623. The highest BCUT2D eigenvalue weighted by Crippen LogP contribution is 2.37. The van der Waals surface area contributed by atoms with Gasteiger partial charge in [0.25, 0.3) is 0 Å². The van der Waals surface area contributed by atoms with Crippen LogP contribution in [0.3, 0.4) is 0 Å². The van der Waals surface area contributed by atoms with Gasteiger partial charge in [-0.3, -0.25) is 10.1 Å². The third kappa shape index (κ3) is 2.26. The Balaban J connectivity index is 3.02. The van der Waals surface area contributed by atoms with Crippen LogP contribution in [0.2, 0.25) is 0 Å². The molecule has 0 amide bonds. The highest BCUT2D eigenvalue weighted by molar-refractivity contribution is 9.10. The lowest BCUT2D eigenvalue weighted by Gasteiger charge is -2.05. The molecular formula is C7H8BrNO3S. The normalized spacial score (nSPS) is 12.8. The molecule has 0 saturated carbocycles. The van der Waals surface area contributed by atoms with E-state index in [-0.39, 0.29) is 11.1 Å². The highest BCUT2D eigenvalue weighted by Gasteiger charge is 2.18. The molecule has 0 spiro atoms. The molecule has 13 heavy (non-hydrogen) atoms. The molecule has 0 unspecified atom stereocenters. The molecule has 1 aromatic heterocycles. The van der Waals surface area contributed by atoms with Crippen LogP contribution in [0.5, 0.6) is 0 Å². The number of halogens is 1. The smallest absolute Gasteiger partial charge is 0.325 e. The molecule has 0 saturated heterocycles. The fraction of sp³-hybridized carbons (Fsp3) is 0.429. The molecule has 1 aromatic rings. The topological polar surface area (TPSA) is 52.4 Å². The summed E-state index contributed by atoms with van der Waals surface area (Å²) in [6.45, 7) is 1.85. The van der Waals surface area contributed by atoms with E-state index in [0.717, 1.165) is 20.7 Å². The summed E-state index contributed by atoms with van der Waals surface area (Å²) in [5.41, 5.74) is 0. The van der Waals surface area contributed by atoms with Crippen LogP contribution in [0.25, 0.3) is 0 Å². The van der Waals surface area contributed by atoms with Crippen molar-refractivity contribution >= 4 is 32.3 Å². The van der Waals surface area contributed by atoms with E-state index in [1.165, 1.54) is 6.07 Å². The van der Waals surface area contributed by atoms with Crippen molar-refractivity contribution in [3.8, 4) is 0 Å². The Morgan fingerprint density at radius 3 is 2.77 bits per heavy atom. The van der Waals surface area contributed by atoms with E-state index in [9.17, 15) is 10.1 Å². The Bertz CT molecular complexity index is 326. The largest absolute Gasteiger partial charge is 0.376 e. The summed E-state index contributed by atoms with van der Waals surface area (Å²) in [6, 6.07) is 1.50. The van der Waals surface area contributed by atoms with Gasteiger partial charge in [-0.15, -0.1) is 0 Å². The number of thiophene rings is 1. The maximum Gasteiger partial charge on any atom is 0.325 e. The summed E-state index contributed by atoms with van der Waals surface area (Å²) in [5, 5.41) is 10.6. The number of hydrogen-bond donors (Lipinski definition) is 0. The van der Waals surface area contributed by atoms with E-state index in [1.54, 1.807) is 7.11 Å². The van der Waals surface area contributed by atoms with Gasteiger partial charge < -0.3 is 4.74 Å². The van der Waals surface area contributed by atoms with Crippen molar-refractivity contribution in [2.24, 2.45) is 0 Å². The second kappa shape index (κ2) is 4.17. The summed E-state index contributed by atoms with van der Waals surface area (Å²) in [5.74, 6) is 0. The van der Waals surface area contributed by atoms with Crippen molar-refractivity contribution in [1.29, 1.82) is 0 Å². The molecule has 6 heteroatoms. The van der Waals surface area contributed by atoms with Gasteiger partial charge in [-0.2, -0.15) is 0 Å². The molecule has 4 nitrogen and oxygen atoms in total. The predicted molar refractivity (Wildman–Crippen MR) is 54.1 cm³/mol. The molecule has 1 heterocycles. The number of nitro groups is 1. The number of nitrogens with zero attached hydrogens (tertiary/aromatic N) is 1. The lowest BCUT2D eigenvalue weighted by molar-refractivity contribution is -0.380. The van der Waals surface area contributed by atoms with Gasteiger partial charge >= 0.3 is 5.00 Å². The molecule has 0 fully saturated rings. The van der Waals surface area contributed by atoms with Crippen molar-refractivity contribution in [3.63, 3.8) is 0 Å². The van der Waals surface area contributed by atoms with Crippen molar-refractivity contribution in [3.05, 3.63) is 25.5 Å². The molecule has 1 rings (SSSR count). The van der Waals surface area contributed by atoms with Gasteiger partial charge in [0, 0.05) is 17.6 Å². The van der Waals surface area contributed by atoms with Crippen LogP contribution in [0.1, 0.15) is 17.9 Å². The minimum Gasteiger partial charge on any atom is -0.376 e. The van der Waals surface area contributed by atoms with E-state index in [0.29, 0.717) is 0 Å². The third-order valence-corrected chi connectivity index (χ3v) is 3.77. The van der Waals surface area contributed by atoms with Gasteiger partial charge in [0.1, 0.15) is 0 Å². The summed E-state index contributed by atoms with van der Waals surface area (Å²) < 4.78 is 5.80. The van der Waals surface area contributed by atoms with Crippen molar-refractivity contribution < 1.29 is 9.66 Å². The standard InChI is InChI=1S/C7H8BrNO3S/c1-4(12-2)7-5(8)3-6(13-7)9(10)11/h3-4H,1-2H3/t4-/m1/s1. The molecule has 0 radical (unpaired) electrons. The summed E-state index contributed by atoms with van der Waals surface area (Å²) in [4.78, 5) is 10.9. The van der Waals surface area contributed by atoms with Gasteiger partial charge in [0.05, 0.1) is 15.9 Å². The first-order valence-electron chi connectivity index (χ1n) is 3.52. The van der Waals surface area contributed by atoms with E-state index in [4.69, 9.17) is 4.74 Å². The van der Waals surface area contributed by atoms with Crippen LogP contribution in [0.4, 0.5) is 5.00 Å². The predicted octanol–water partition coefficient (Wildman–Crippen LogP) is 3.13. The van der Waals surface area contributed by atoms with E-state index in [1.807, 2.05) is 6.92 Å². The maximum absolute atomic E-state index is 10.4. The van der Waals surface area contributed by atoms with Crippen molar-refractivity contribution in [1.82, 2.24) is 0 Å². The Kier molecular flexibility index (Phi) is 3.40. The van der Waals surface area contributed by atoms with E-state index < -0.39 is 4.92 Å². The molecular weight excluding hydrogens is 258 g/mol. The molecule has 1 atom stereocenters. The molecule has 0 aliphatic carbocycles. The van der Waals surface area contributed by atoms with Gasteiger partial charge in [0.2, 0.25) is 0 Å². The summed E-state index contributed by atoms with van der Waals surface area (Å²) in [7, 11) is 1.57. The molecule has 72 valence electrons. The zero-order chi connectivity index (χ0) is 10.0. The monoisotopic (exact) mass is 265 g/mol. The molecule has 0 aliphatic rings. The van der Waals surface area contributed by atoms with Gasteiger partial charge in [0.15, 0.2) is 0 Å². The number of methoxy groups -OCH3 is 1. The van der Waals surface area contributed by atoms with Crippen LogP contribution < -0.4 is 0 Å². The minimum absolute atomic E-state index is 0.118. The van der Waals surface area contributed by atoms with Crippen LogP contribution >= 0.6 is 27.3 Å². The van der Waals surface area contributed by atoms with Crippen LogP contribution in [0.15, 0.2) is 10.5 Å². The van der Waals surface area contributed by atoms with Crippen LogP contribution in [0, 0.1) is 10.1 Å². The van der Waals surface area contributed by atoms with Gasteiger partial charge in [-0.05, 0) is 22.9 Å². The van der Waals surface area contributed by atoms with Crippen LogP contribution in [-0.4, -0.2) is 12.0 Å².